The summed E-state index contributed by atoms with van der Waals surface area (Å²) < 4.78 is 5.62. The molecule has 130 valence electrons. The zero-order valence-corrected chi connectivity index (χ0v) is 15.3. The molecule has 1 aromatic carbocycles. The van der Waals surface area contributed by atoms with E-state index >= 15 is 0 Å². The number of carbonyl (C=O) groups excluding carboxylic acids is 1. The first-order chi connectivity index (χ1) is 11.5. The third kappa shape index (κ3) is 4.71. The number of amides is 1. The Morgan fingerprint density at radius 2 is 2.00 bits per heavy atom. The lowest BCUT2D eigenvalue weighted by molar-refractivity contribution is -0.121. The molecule has 1 amide bonds. The summed E-state index contributed by atoms with van der Waals surface area (Å²) >= 11 is 5.12. The molecule has 0 saturated carbocycles. The number of rotatable bonds is 6. The lowest BCUT2D eigenvalue weighted by Gasteiger charge is -2.11. The van der Waals surface area contributed by atoms with Gasteiger partial charge in [0.2, 0.25) is 5.91 Å². The Kier molecular flexibility index (Phi) is 6.61. The summed E-state index contributed by atoms with van der Waals surface area (Å²) in [5.41, 5.74) is 9.35. The Morgan fingerprint density at radius 1 is 1.21 bits per heavy atom. The van der Waals surface area contributed by atoms with Gasteiger partial charge in [-0.3, -0.25) is 15.6 Å². The summed E-state index contributed by atoms with van der Waals surface area (Å²) in [4.78, 5) is 12.1. The highest BCUT2D eigenvalue weighted by Gasteiger charge is 2.12. The first-order valence-corrected chi connectivity index (χ1v) is 8.72. The van der Waals surface area contributed by atoms with Gasteiger partial charge < -0.3 is 9.73 Å². The van der Waals surface area contributed by atoms with Crippen LogP contribution in [0.4, 0.5) is 0 Å². The molecule has 2 aromatic rings. The number of fused-ring (bicyclic) bond motifs is 1. The molecule has 0 fully saturated rings. The van der Waals surface area contributed by atoms with Gasteiger partial charge in [-0.2, -0.15) is 0 Å². The van der Waals surface area contributed by atoms with Crippen molar-refractivity contribution in [1.82, 2.24) is 16.2 Å². The van der Waals surface area contributed by atoms with E-state index < -0.39 is 0 Å². The van der Waals surface area contributed by atoms with Gasteiger partial charge in [-0.25, -0.2) is 0 Å². The quantitative estimate of drug-likeness (QED) is 0.425. The molecule has 0 unspecified atom stereocenters. The Bertz CT molecular complexity index is 724. The Balaban J connectivity index is 1.85. The summed E-state index contributed by atoms with van der Waals surface area (Å²) in [7, 11) is 0. The lowest BCUT2D eigenvalue weighted by atomic mass is 10.0. The number of unbranched alkanes of at least 4 members (excludes halogenated alkanes) is 2. The molecule has 0 saturated heterocycles. The highest BCUT2D eigenvalue weighted by Crippen LogP contribution is 2.26. The number of nitrogens with one attached hydrogen (secondary N) is 3. The van der Waals surface area contributed by atoms with Crippen molar-refractivity contribution in [2.75, 3.05) is 6.54 Å². The summed E-state index contributed by atoms with van der Waals surface area (Å²) in [5, 5.41) is 4.48. The highest BCUT2D eigenvalue weighted by molar-refractivity contribution is 7.80. The minimum atomic E-state index is -0.159. The van der Waals surface area contributed by atoms with Gasteiger partial charge in [0.25, 0.3) is 0 Å². The number of aryl methyl sites for hydroxylation is 2. The van der Waals surface area contributed by atoms with Crippen molar-refractivity contribution in [2.24, 2.45) is 0 Å². The minimum absolute atomic E-state index is 0.159. The van der Waals surface area contributed by atoms with Gasteiger partial charge in [0.15, 0.2) is 5.11 Å². The maximum Gasteiger partial charge on any atom is 0.242 e. The van der Waals surface area contributed by atoms with Crippen molar-refractivity contribution >= 4 is 34.2 Å². The van der Waals surface area contributed by atoms with E-state index in [0.29, 0.717) is 5.11 Å². The molecule has 1 aromatic heterocycles. The summed E-state index contributed by atoms with van der Waals surface area (Å²) in [6.45, 7) is 7.02. The smallest absolute Gasteiger partial charge is 0.242 e. The zero-order valence-electron chi connectivity index (χ0n) is 14.5. The van der Waals surface area contributed by atoms with Crippen LogP contribution in [-0.4, -0.2) is 17.6 Å². The van der Waals surface area contributed by atoms with E-state index in [0.717, 1.165) is 47.9 Å². The van der Waals surface area contributed by atoms with Crippen LogP contribution in [0.15, 0.2) is 22.8 Å². The standard InChI is InChI=1S/C18H25N3O2S/c1-4-5-6-9-19-18(24)21-20-16(22)10-14-11-23-17-13(3)12(2)7-8-15(14)17/h7-8,11H,4-6,9-10H2,1-3H3,(H,20,22)(H2,19,21,24). The van der Waals surface area contributed by atoms with Crippen molar-refractivity contribution in [3.63, 3.8) is 0 Å². The summed E-state index contributed by atoms with van der Waals surface area (Å²) in [6.07, 6.45) is 5.27. The monoisotopic (exact) mass is 347 g/mol. The number of thiocarbonyl (C=S) groups is 1. The van der Waals surface area contributed by atoms with Crippen LogP contribution in [0, 0.1) is 13.8 Å². The van der Waals surface area contributed by atoms with Crippen LogP contribution in [0.2, 0.25) is 0 Å². The number of hydrazine groups is 1. The SMILES string of the molecule is CCCCCNC(=S)NNC(=O)Cc1coc2c(C)c(C)ccc12. The predicted molar refractivity (Wildman–Crippen MR) is 101 cm³/mol. The molecular weight excluding hydrogens is 322 g/mol. The average Bonchev–Trinajstić information content (AvgIpc) is 2.96. The van der Waals surface area contributed by atoms with Crippen LogP contribution in [0.3, 0.4) is 0 Å². The highest BCUT2D eigenvalue weighted by atomic mass is 32.1. The molecule has 0 bridgehead atoms. The molecule has 0 aliphatic heterocycles. The lowest BCUT2D eigenvalue weighted by Crippen LogP contribution is -2.47. The number of hydrogen-bond donors (Lipinski definition) is 3. The van der Waals surface area contributed by atoms with Gasteiger partial charge in [0.1, 0.15) is 5.58 Å². The topological polar surface area (TPSA) is 66.3 Å². The van der Waals surface area contributed by atoms with E-state index in [9.17, 15) is 4.79 Å². The molecule has 2 rings (SSSR count). The third-order valence-corrected chi connectivity index (χ3v) is 4.32. The van der Waals surface area contributed by atoms with E-state index in [1.54, 1.807) is 6.26 Å². The Hall–Kier alpha value is -2.08. The molecule has 0 atom stereocenters. The molecule has 6 heteroatoms. The van der Waals surface area contributed by atoms with Crippen molar-refractivity contribution in [1.29, 1.82) is 0 Å². The first kappa shape index (κ1) is 18.3. The van der Waals surface area contributed by atoms with E-state index in [2.05, 4.69) is 23.1 Å². The van der Waals surface area contributed by atoms with Crippen LogP contribution in [0.25, 0.3) is 11.0 Å². The Labute approximate surface area is 148 Å². The molecule has 0 spiro atoms. The van der Waals surface area contributed by atoms with Gasteiger partial charge in [-0.05, 0) is 43.6 Å². The number of benzene rings is 1. The van der Waals surface area contributed by atoms with Gasteiger partial charge in [-0.1, -0.05) is 31.9 Å². The fraction of sp³-hybridized carbons (Fsp3) is 0.444. The van der Waals surface area contributed by atoms with Crippen LogP contribution in [0.5, 0.6) is 0 Å². The van der Waals surface area contributed by atoms with Gasteiger partial charge in [0.05, 0.1) is 12.7 Å². The van der Waals surface area contributed by atoms with E-state index in [4.69, 9.17) is 16.6 Å². The van der Waals surface area contributed by atoms with Crippen LogP contribution in [-0.2, 0) is 11.2 Å². The van der Waals surface area contributed by atoms with Gasteiger partial charge >= 0.3 is 0 Å². The normalized spacial score (nSPS) is 10.6. The molecule has 0 radical (unpaired) electrons. The van der Waals surface area contributed by atoms with Crippen molar-refractivity contribution in [2.45, 2.75) is 46.5 Å². The second-order valence-electron chi connectivity index (χ2n) is 5.96. The summed E-state index contributed by atoms with van der Waals surface area (Å²) in [6, 6.07) is 4.04. The summed E-state index contributed by atoms with van der Waals surface area (Å²) in [5.74, 6) is -0.159. The number of carbonyl (C=O) groups is 1. The van der Waals surface area contributed by atoms with Gasteiger partial charge in [-0.15, -0.1) is 0 Å². The van der Waals surface area contributed by atoms with Crippen LogP contribution >= 0.6 is 12.2 Å². The molecule has 3 N–H and O–H groups in total. The zero-order chi connectivity index (χ0) is 17.5. The predicted octanol–water partition coefficient (Wildman–Crippen LogP) is 3.28. The second kappa shape index (κ2) is 8.68. The average molecular weight is 347 g/mol. The molecular formula is C18H25N3O2S. The van der Waals surface area contributed by atoms with Gasteiger partial charge in [0, 0.05) is 17.5 Å². The maximum absolute atomic E-state index is 12.1. The number of furan rings is 1. The van der Waals surface area contributed by atoms with E-state index in [1.165, 1.54) is 5.56 Å². The molecule has 0 aliphatic rings. The fourth-order valence-electron chi connectivity index (χ4n) is 2.49. The minimum Gasteiger partial charge on any atom is -0.464 e. The van der Waals surface area contributed by atoms with Crippen molar-refractivity contribution < 1.29 is 9.21 Å². The van der Waals surface area contributed by atoms with Crippen LogP contribution in [0.1, 0.15) is 42.9 Å². The van der Waals surface area contributed by atoms with Crippen molar-refractivity contribution in [3.05, 3.63) is 35.1 Å². The Morgan fingerprint density at radius 3 is 2.75 bits per heavy atom. The molecule has 0 aliphatic carbocycles. The fourth-order valence-corrected chi connectivity index (χ4v) is 2.64. The first-order valence-electron chi connectivity index (χ1n) is 8.32. The third-order valence-electron chi connectivity index (χ3n) is 4.07. The molecule has 5 nitrogen and oxygen atoms in total. The maximum atomic E-state index is 12.1. The second-order valence-corrected chi connectivity index (χ2v) is 6.37. The largest absolute Gasteiger partial charge is 0.464 e. The number of hydrogen-bond acceptors (Lipinski definition) is 3. The molecule has 24 heavy (non-hydrogen) atoms. The molecule has 1 heterocycles. The van der Waals surface area contributed by atoms with Crippen LogP contribution < -0.4 is 16.2 Å². The van der Waals surface area contributed by atoms with Crippen molar-refractivity contribution in [3.8, 4) is 0 Å². The van der Waals surface area contributed by atoms with E-state index in [-0.39, 0.29) is 12.3 Å². The van der Waals surface area contributed by atoms with E-state index in [1.807, 2.05) is 26.0 Å².